The predicted molar refractivity (Wildman–Crippen MR) is 97.8 cm³/mol. The first-order chi connectivity index (χ1) is 12.4. The van der Waals surface area contributed by atoms with E-state index in [1.54, 1.807) is 20.8 Å². The number of aliphatic hydroxyl groups is 1. The number of aliphatic hydroxyl groups excluding tert-OH is 1. The molecule has 154 valence electrons. The van der Waals surface area contributed by atoms with Crippen molar-refractivity contribution >= 4 is 18.0 Å². The van der Waals surface area contributed by atoms with Gasteiger partial charge in [-0.1, -0.05) is 13.8 Å². The summed E-state index contributed by atoms with van der Waals surface area (Å²) < 4.78 is 10.2. The Hall–Kier alpha value is -1.83. The molecule has 0 aromatic heterocycles. The third kappa shape index (κ3) is 4.54. The average Bonchev–Trinajstić information content (AvgIpc) is 2.93. The van der Waals surface area contributed by atoms with Crippen LogP contribution >= 0.6 is 0 Å². The van der Waals surface area contributed by atoms with Crippen LogP contribution in [0, 0.1) is 17.3 Å². The van der Waals surface area contributed by atoms with Crippen LogP contribution in [0.15, 0.2) is 0 Å². The Kier molecular flexibility index (Phi) is 6.09. The Balaban J connectivity index is 2.14. The minimum Gasteiger partial charge on any atom is -0.467 e. The number of amides is 2. The molecule has 8 nitrogen and oxygen atoms in total. The number of nitrogens with one attached hydrogen (secondary N) is 1. The maximum absolute atomic E-state index is 13.1. The summed E-state index contributed by atoms with van der Waals surface area (Å²) in [6.45, 7) is 9.74. The molecular weight excluding hydrogens is 352 g/mol. The van der Waals surface area contributed by atoms with Crippen LogP contribution in [0.1, 0.15) is 47.5 Å². The molecule has 2 rings (SSSR count). The summed E-state index contributed by atoms with van der Waals surface area (Å²) >= 11 is 0. The quantitative estimate of drug-likeness (QED) is 0.669. The van der Waals surface area contributed by atoms with Gasteiger partial charge in [0, 0.05) is 19.1 Å². The van der Waals surface area contributed by atoms with Crippen molar-refractivity contribution in [3.63, 3.8) is 0 Å². The van der Waals surface area contributed by atoms with Crippen LogP contribution in [-0.4, -0.2) is 65.9 Å². The summed E-state index contributed by atoms with van der Waals surface area (Å²) in [7, 11) is 1.32. The number of likely N-dealkylation sites (tertiary alicyclic amines) is 1. The van der Waals surface area contributed by atoms with Crippen LogP contribution in [0.25, 0.3) is 0 Å². The number of hydrogen-bond donors (Lipinski definition) is 2. The van der Waals surface area contributed by atoms with Gasteiger partial charge in [-0.2, -0.15) is 0 Å². The Labute approximate surface area is 160 Å². The number of ether oxygens (including phenoxy) is 2. The SMILES string of the molecule is COC(=O)[C@@H]1[C@@H]2[C@H](CN1C(=O)[C@H](CCCO)NC(=O)OC(C)(C)C)C2(C)C. The zero-order valence-corrected chi connectivity index (χ0v) is 17.1. The van der Waals surface area contributed by atoms with Crippen molar-refractivity contribution in [1.29, 1.82) is 0 Å². The van der Waals surface area contributed by atoms with E-state index in [1.165, 1.54) is 12.0 Å². The molecule has 0 spiro atoms. The largest absolute Gasteiger partial charge is 0.467 e. The Bertz CT molecular complexity index is 597. The molecule has 2 fully saturated rings. The first kappa shape index (κ1) is 21.5. The second-order valence-electron chi connectivity index (χ2n) is 8.98. The third-order valence-electron chi connectivity index (χ3n) is 5.57. The molecular formula is C19H32N2O6. The average molecular weight is 384 g/mol. The lowest BCUT2D eigenvalue weighted by Crippen LogP contribution is -2.54. The van der Waals surface area contributed by atoms with Crippen molar-refractivity contribution in [2.24, 2.45) is 17.3 Å². The number of nitrogens with zero attached hydrogens (tertiary/aromatic N) is 1. The van der Waals surface area contributed by atoms with Gasteiger partial charge in [0.05, 0.1) is 7.11 Å². The number of esters is 1. The molecule has 0 bridgehead atoms. The number of fused-ring (bicyclic) bond motifs is 1. The molecule has 27 heavy (non-hydrogen) atoms. The minimum absolute atomic E-state index is 0.00513. The fourth-order valence-electron chi connectivity index (χ4n) is 4.11. The van der Waals surface area contributed by atoms with E-state index in [-0.39, 0.29) is 36.2 Å². The van der Waals surface area contributed by atoms with Gasteiger partial charge in [-0.05, 0) is 44.9 Å². The molecule has 8 heteroatoms. The van der Waals surface area contributed by atoms with E-state index < -0.39 is 29.7 Å². The monoisotopic (exact) mass is 384 g/mol. The second kappa shape index (κ2) is 7.66. The molecule has 1 heterocycles. The summed E-state index contributed by atoms with van der Waals surface area (Å²) in [6.07, 6.45) is -0.0861. The van der Waals surface area contributed by atoms with Crippen molar-refractivity contribution in [2.75, 3.05) is 20.3 Å². The van der Waals surface area contributed by atoms with Gasteiger partial charge in [0.15, 0.2) is 0 Å². The number of piperidine rings is 1. The van der Waals surface area contributed by atoms with E-state index in [0.717, 1.165) is 0 Å². The highest BCUT2D eigenvalue weighted by Gasteiger charge is 2.70. The Morgan fingerprint density at radius 1 is 1.30 bits per heavy atom. The topological polar surface area (TPSA) is 105 Å². The maximum Gasteiger partial charge on any atom is 0.408 e. The van der Waals surface area contributed by atoms with Gasteiger partial charge in [0.25, 0.3) is 0 Å². The van der Waals surface area contributed by atoms with Gasteiger partial charge < -0.3 is 24.8 Å². The highest BCUT2D eigenvalue weighted by molar-refractivity contribution is 5.91. The maximum atomic E-state index is 13.1. The highest BCUT2D eigenvalue weighted by Crippen LogP contribution is 2.65. The normalized spacial score (nSPS) is 26.8. The molecule has 1 saturated carbocycles. The number of carbonyl (C=O) groups is 3. The van der Waals surface area contributed by atoms with E-state index >= 15 is 0 Å². The third-order valence-corrected chi connectivity index (χ3v) is 5.57. The fourth-order valence-corrected chi connectivity index (χ4v) is 4.11. The summed E-state index contributed by atoms with van der Waals surface area (Å²) in [6, 6.07) is -1.50. The number of rotatable bonds is 6. The summed E-state index contributed by atoms with van der Waals surface area (Å²) in [4.78, 5) is 39.1. The number of carbonyl (C=O) groups excluding carboxylic acids is 3. The number of methoxy groups -OCH3 is 1. The standard InChI is InChI=1S/C19H32N2O6/c1-18(2,3)27-17(25)20-12(8-7-9-22)15(23)21-10-11-13(19(11,4)5)14(21)16(24)26-6/h11-14,22H,7-10H2,1-6H3,(H,20,25)/t11-,12-,13-,14-/m0/s1. The Morgan fingerprint density at radius 3 is 2.44 bits per heavy atom. The summed E-state index contributed by atoms with van der Waals surface area (Å²) in [5.41, 5.74) is -0.697. The van der Waals surface area contributed by atoms with Crippen LogP contribution in [-0.2, 0) is 19.1 Å². The molecule has 0 radical (unpaired) electrons. The van der Waals surface area contributed by atoms with Crippen LogP contribution in [0.5, 0.6) is 0 Å². The molecule has 2 amide bonds. The van der Waals surface area contributed by atoms with Gasteiger partial charge in [0.1, 0.15) is 17.7 Å². The van der Waals surface area contributed by atoms with Gasteiger partial charge >= 0.3 is 12.1 Å². The first-order valence-electron chi connectivity index (χ1n) is 9.42. The summed E-state index contributed by atoms with van der Waals surface area (Å²) in [5.74, 6) is -0.466. The van der Waals surface area contributed by atoms with Gasteiger partial charge in [-0.3, -0.25) is 4.79 Å². The fraction of sp³-hybridized carbons (Fsp3) is 0.842. The second-order valence-corrected chi connectivity index (χ2v) is 8.98. The van der Waals surface area contributed by atoms with E-state index in [2.05, 4.69) is 19.2 Å². The molecule has 4 atom stereocenters. The van der Waals surface area contributed by atoms with Gasteiger partial charge in [0.2, 0.25) is 5.91 Å². The van der Waals surface area contributed by atoms with Crippen LogP contribution in [0.4, 0.5) is 4.79 Å². The van der Waals surface area contributed by atoms with E-state index in [0.29, 0.717) is 13.0 Å². The lowest BCUT2D eigenvalue weighted by molar-refractivity contribution is -0.153. The van der Waals surface area contributed by atoms with E-state index in [4.69, 9.17) is 14.6 Å². The smallest absolute Gasteiger partial charge is 0.408 e. The molecule has 2 aliphatic rings. The van der Waals surface area contributed by atoms with Crippen molar-refractivity contribution in [3.05, 3.63) is 0 Å². The Morgan fingerprint density at radius 2 is 1.93 bits per heavy atom. The molecule has 0 unspecified atom stereocenters. The number of alkyl carbamates (subject to hydrolysis) is 1. The minimum atomic E-state index is -0.861. The molecule has 0 aromatic rings. The lowest BCUT2D eigenvalue weighted by atomic mass is 10.00. The van der Waals surface area contributed by atoms with Gasteiger partial charge in [-0.15, -0.1) is 0 Å². The van der Waals surface area contributed by atoms with Crippen LogP contribution in [0.3, 0.4) is 0 Å². The molecule has 1 aliphatic heterocycles. The lowest BCUT2D eigenvalue weighted by Gasteiger charge is -2.32. The van der Waals surface area contributed by atoms with Crippen molar-refractivity contribution in [2.45, 2.75) is 65.1 Å². The van der Waals surface area contributed by atoms with Crippen LogP contribution < -0.4 is 5.32 Å². The van der Waals surface area contributed by atoms with Crippen molar-refractivity contribution < 1.29 is 29.0 Å². The molecule has 0 aromatic carbocycles. The number of hydrogen-bond acceptors (Lipinski definition) is 6. The van der Waals surface area contributed by atoms with E-state index in [1.807, 2.05) is 0 Å². The van der Waals surface area contributed by atoms with Crippen LogP contribution in [0.2, 0.25) is 0 Å². The highest BCUT2D eigenvalue weighted by atomic mass is 16.6. The summed E-state index contributed by atoms with van der Waals surface area (Å²) in [5, 5.41) is 11.7. The van der Waals surface area contributed by atoms with Crippen molar-refractivity contribution in [1.82, 2.24) is 10.2 Å². The zero-order chi connectivity index (χ0) is 20.6. The zero-order valence-electron chi connectivity index (χ0n) is 17.1. The molecule has 1 saturated heterocycles. The predicted octanol–water partition coefficient (Wildman–Crippen LogP) is 1.31. The van der Waals surface area contributed by atoms with Gasteiger partial charge in [-0.25, -0.2) is 9.59 Å². The first-order valence-corrected chi connectivity index (χ1v) is 9.42. The van der Waals surface area contributed by atoms with Crippen molar-refractivity contribution in [3.8, 4) is 0 Å². The molecule has 2 N–H and O–H groups in total. The van der Waals surface area contributed by atoms with E-state index in [9.17, 15) is 14.4 Å². The molecule has 1 aliphatic carbocycles.